The Balaban J connectivity index is 2.62. The Morgan fingerprint density at radius 1 is 1.64 bits per heavy atom. The van der Waals surface area contributed by atoms with Crippen LogP contribution in [-0.2, 0) is 0 Å². The van der Waals surface area contributed by atoms with Crippen molar-refractivity contribution in [2.24, 2.45) is 0 Å². The van der Waals surface area contributed by atoms with Crippen LogP contribution < -0.4 is 0 Å². The standard InChI is InChI=1S/C7H7ClFNS/c8-3-5-11-7-6(9)2-1-4-10-7/h1-2,4H,3,5H2. The molecular weight excluding hydrogens is 185 g/mol. The van der Waals surface area contributed by atoms with Crippen molar-refractivity contribution in [1.82, 2.24) is 4.98 Å². The van der Waals surface area contributed by atoms with Gasteiger partial charge >= 0.3 is 0 Å². The lowest BCUT2D eigenvalue weighted by Crippen LogP contribution is -1.87. The van der Waals surface area contributed by atoms with Gasteiger partial charge in [-0.2, -0.15) is 0 Å². The van der Waals surface area contributed by atoms with Crippen molar-refractivity contribution in [3.63, 3.8) is 0 Å². The number of pyridine rings is 1. The van der Waals surface area contributed by atoms with Gasteiger partial charge in [-0.3, -0.25) is 0 Å². The van der Waals surface area contributed by atoms with Crippen molar-refractivity contribution in [1.29, 1.82) is 0 Å². The molecule has 0 aliphatic heterocycles. The lowest BCUT2D eigenvalue weighted by Gasteiger charge is -1.97. The highest BCUT2D eigenvalue weighted by atomic mass is 35.5. The van der Waals surface area contributed by atoms with Gasteiger partial charge in [0.15, 0.2) is 5.82 Å². The van der Waals surface area contributed by atoms with Crippen molar-refractivity contribution in [3.8, 4) is 0 Å². The Hall–Kier alpha value is -0.280. The highest BCUT2D eigenvalue weighted by Gasteiger charge is 2.00. The van der Waals surface area contributed by atoms with Crippen LogP contribution in [-0.4, -0.2) is 16.6 Å². The number of hydrogen-bond acceptors (Lipinski definition) is 2. The van der Waals surface area contributed by atoms with Gasteiger partial charge in [-0.05, 0) is 12.1 Å². The van der Waals surface area contributed by atoms with E-state index in [9.17, 15) is 4.39 Å². The molecule has 0 N–H and O–H groups in total. The monoisotopic (exact) mass is 191 g/mol. The minimum Gasteiger partial charge on any atom is -0.247 e. The molecule has 0 unspecified atom stereocenters. The Bertz CT molecular complexity index is 231. The second-order valence-electron chi connectivity index (χ2n) is 1.83. The summed E-state index contributed by atoms with van der Waals surface area (Å²) >= 11 is 6.76. The molecule has 1 nitrogen and oxygen atoms in total. The number of alkyl halides is 1. The number of hydrogen-bond donors (Lipinski definition) is 0. The van der Waals surface area contributed by atoms with Gasteiger partial charge in [0.2, 0.25) is 0 Å². The number of rotatable bonds is 3. The molecule has 1 aromatic heterocycles. The molecule has 0 fully saturated rings. The lowest BCUT2D eigenvalue weighted by molar-refractivity contribution is 0.588. The number of halogens is 2. The maximum absolute atomic E-state index is 12.8. The van der Waals surface area contributed by atoms with Gasteiger partial charge in [-0.25, -0.2) is 9.37 Å². The van der Waals surface area contributed by atoms with E-state index in [4.69, 9.17) is 11.6 Å². The van der Waals surface area contributed by atoms with E-state index in [2.05, 4.69) is 4.98 Å². The third-order valence-electron chi connectivity index (χ3n) is 1.04. The predicted molar refractivity (Wildman–Crippen MR) is 45.6 cm³/mol. The van der Waals surface area contributed by atoms with Crippen LogP contribution in [0.25, 0.3) is 0 Å². The van der Waals surface area contributed by atoms with Gasteiger partial charge in [0.05, 0.1) is 0 Å². The largest absolute Gasteiger partial charge is 0.247 e. The smallest absolute Gasteiger partial charge is 0.155 e. The molecular formula is C7H7ClFNS. The zero-order valence-corrected chi connectivity index (χ0v) is 7.33. The molecule has 0 aliphatic carbocycles. The van der Waals surface area contributed by atoms with Crippen molar-refractivity contribution in [3.05, 3.63) is 24.1 Å². The molecule has 0 radical (unpaired) electrons. The molecule has 4 heteroatoms. The quantitative estimate of drug-likeness (QED) is 0.538. The fourth-order valence-corrected chi connectivity index (χ4v) is 1.46. The summed E-state index contributed by atoms with van der Waals surface area (Å²) < 4.78 is 12.8. The first kappa shape index (κ1) is 8.81. The third-order valence-corrected chi connectivity index (χ3v) is 2.44. The fourth-order valence-electron chi connectivity index (χ4n) is 0.613. The average molecular weight is 192 g/mol. The minimum atomic E-state index is -0.275. The molecule has 1 aromatic rings. The van der Waals surface area contributed by atoms with E-state index in [1.165, 1.54) is 17.8 Å². The highest BCUT2D eigenvalue weighted by Crippen LogP contribution is 2.17. The average Bonchev–Trinajstić information content (AvgIpc) is 2.03. The van der Waals surface area contributed by atoms with E-state index < -0.39 is 0 Å². The Morgan fingerprint density at radius 3 is 3.09 bits per heavy atom. The normalized spacial score (nSPS) is 10.0. The zero-order valence-electron chi connectivity index (χ0n) is 5.76. The van der Waals surface area contributed by atoms with E-state index in [1.54, 1.807) is 12.3 Å². The number of aromatic nitrogens is 1. The Morgan fingerprint density at radius 2 is 2.45 bits per heavy atom. The second kappa shape index (κ2) is 4.57. The number of nitrogens with zero attached hydrogens (tertiary/aromatic N) is 1. The molecule has 1 heterocycles. The predicted octanol–water partition coefficient (Wildman–Crippen LogP) is 2.55. The molecule has 1 rings (SSSR count). The van der Waals surface area contributed by atoms with Gasteiger partial charge < -0.3 is 0 Å². The molecule has 60 valence electrons. The maximum atomic E-state index is 12.8. The second-order valence-corrected chi connectivity index (χ2v) is 3.29. The molecule has 0 saturated heterocycles. The summed E-state index contributed by atoms with van der Waals surface area (Å²) in [5, 5.41) is 0.424. The van der Waals surface area contributed by atoms with Crippen molar-refractivity contribution >= 4 is 23.4 Å². The van der Waals surface area contributed by atoms with Gasteiger partial charge in [0.1, 0.15) is 5.03 Å². The van der Waals surface area contributed by atoms with Crippen LogP contribution in [0.3, 0.4) is 0 Å². The molecule has 0 spiro atoms. The van der Waals surface area contributed by atoms with Crippen molar-refractivity contribution < 1.29 is 4.39 Å². The molecule has 0 amide bonds. The van der Waals surface area contributed by atoms with E-state index in [-0.39, 0.29) is 5.82 Å². The molecule has 0 aliphatic rings. The molecule has 0 bridgehead atoms. The Kier molecular flexibility index (Phi) is 3.66. The molecule has 11 heavy (non-hydrogen) atoms. The van der Waals surface area contributed by atoms with Crippen LogP contribution in [0.15, 0.2) is 23.4 Å². The summed E-state index contributed by atoms with van der Waals surface area (Å²) in [5.41, 5.74) is 0. The summed E-state index contributed by atoms with van der Waals surface area (Å²) in [6.07, 6.45) is 1.57. The topological polar surface area (TPSA) is 12.9 Å². The summed E-state index contributed by atoms with van der Waals surface area (Å²) in [7, 11) is 0. The first-order valence-electron chi connectivity index (χ1n) is 3.14. The summed E-state index contributed by atoms with van der Waals surface area (Å²) in [5.74, 6) is 0.929. The zero-order chi connectivity index (χ0) is 8.10. The summed E-state index contributed by atoms with van der Waals surface area (Å²) in [6.45, 7) is 0. The first-order valence-corrected chi connectivity index (χ1v) is 4.66. The fraction of sp³-hybridized carbons (Fsp3) is 0.286. The van der Waals surface area contributed by atoms with Crippen molar-refractivity contribution in [2.45, 2.75) is 5.03 Å². The molecule has 0 atom stereocenters. The Labute approximate surface area is 74.0 Å². The van der Waals surface area contributed by atoms with Crippen LogP contribution >= 0.6 is 23.4 Å². The van der Waals surface area contributed by atoms with Crippen LogP contribution in [0.1, 0.15) is 0 Å². The summed E-state index contributed by atoms with van der Waals surface area (Å²) in [6, 6.07) is 2.96. The van der Waals surface area contributed by atoms with Gasteiger partial charge in [-0.1, -0.05) is 0 Å². The minimum absolute atomic E-state index is 0.275. The van der Waals surface area contributed by atoms with E-state index in [0.717, 1.165) is 0 Å². The first-order chi connectivity index (χ1) is 5.34. The van der Waals surface area contributed by atoms with Crippen molar-refractivity contribution in [2.75, 3.05) is 11.6 Å². The SMILES string of the molecule is Fc1cccnc1SCCCl. The maximum Gasteiger partial charge on any atom is 0.155 e. The van der Waals surface area contributed by atoms with Crippen LogP contribution in [0.4, 0.5) is 4.39 Å². The molecule has 0 saturated carbocycles. The van der Waals surface area contributed by atoms with Gasteiger partial charge in [-0.15, -0.1) is 23.4 Å². The molecule has 0 aromatic carbocycles. The third kappa shape index (κ3) is 2.67. The summed E-state index contributed by atoms with van der Waals surface area (Å²) in [4.78, 5) is 3.85. The van der Waals surface area contributed by atoms with E-state index in [1.807, 2.05) is 0 Å². The van der Waals surface area contributed by atoms with Gasteiger partial charge in [0.25, 0.3) is 0 Å². The lowest BCUT2D eigenvalue weighted by atomic mass is 10.5. The van der Waals surface area contributed by atoms with Crippen LogP contribution in [0, 0.1) is 5.82 Å². The highest BCUT2D eigenvalue weighted by molar-refractivity contribution is 7.99. The van der Waals surface area contributed by atoms with Crippen LogP contribution in [0.2, 0.25) is 0 Å². The van der Waals surface area contributed by atoms with E-state index >= 15 is 0 Å². The van der Waals surface area contributed by atoms with Gasteiger partial charge in [0, 0.05) is 17.8 Å². The van der Waals surface area contributed by atoms with E-state index in [0.29, 0.717) is 16.7 Å². The van der Waals surface area contributed by atoms with Crippen LogP contribution in [0.5, 0.6) is 0 Å². The number of thioether (sulfide) groups is 1.